The Morgan fingerprint density at radius 3 is 2.68 bits per heavy atom. The van der Waals surface area contributed by atoms with Gasteiger partial charge in [0.1, 0.15) is 0 Å². The van der Waals surface area contributed by atoms with Gasteiger partial charge in [0.2, 0.25) is 11.8 Å². The zero-order chi connectivity index (χ0) is 23.9. The van der Waals surface area contributed by atoms with E-state index in [0.717, 1.165) is 44.1 Å². The van der Waals surface area contributed by atoms with Crippen molar-refractivity contribution >= 4 is 17.5 Å². The summed E-state index contributed by atoms with van der Waals surface area (Å²) in [6.45, 7) is 2.82. The molecule has 2 aliphatic rings. The van der Waals surface area contributed by atoms with Crippen LogP contribution in [-0.2, 0) is 11.3 Å². The van der Waals surface area contributed by atoms with Crippen LogP contribution in [-0.4, -0.2) is 35.0 Å². The molecule has 0 spiro atoms. The number of ether oxygens (including phenoxy) is 1. The summed E-state index contributed by atoms with van der Waals surface area (Å²) >= 11 is 6.23. The summed E-state index contributed by atoms with van der Waals surface area (Å²) in [7, 11) is 1.63. The van der Waals surface area contributed by atoms with E-state index in [-0.39, 0.29) is 24.0 Å². The van der Waals surface area contributed by atoms with Crippen molar-refractivity contribution in [2.45, 2.75) is 89.4 Å². The summed E-state index contributed by atoms with van der Waals surface area (Å²) in [4.78, 5) is 20.6. The quantitative estimate of drug-likeness (QED) is 0.453. The van der Waals surface area contributed by atoms with Gasteiger partial charge in [-0.1, -0.05) is 81.0 Å². The molecular weight excluding hydrogens is 446 g/mol. The first-order valence-corrected chi connectivity index (χ1v) is 13.3. The Labute approximate surface area is 209 Å². The molecule has 6 heteroatoms. The van der Waals surface area contributed by atoms with Crippen LogP contribution in [0.2, 0.25) is 5.02 Å². The van der Waals surface area contributed by atoms with Crippen molar-refractivity contribution in [1.82, 2.24) is 15.2 Å². The van der Waals surface area contributed by atoms with Gasteiger partial charge in [0.05, 0.1) is 18.2 Å². The van der Waals surface area contributed by atoms with Gasteiger partial charge in [-0.05, 0) is 37.3 Å². The van der Waals surface area contributed by atoms with E-state index in [1.165, 1.54) is 24.8 Å². The molecule has 5 nitrogen and oxygen atoms in total. The van der Waals surface area contributed by atoms with Gasteiger partial charge in [-0.25, -0.2) is 4.98 Å². The second kappa shape index (κ2) is 12.0. The molecular formula is C28H38ClN3O2. The number of rotatable bonds is 9. The highest BCUT2D eigenvalue weighted by molar-refractivity contribution is 6.30. The first kappa shape index (κ1) is 25.0. The first-order valence-electron chi connectivity index (χ1n) is 12.9. The number of methoxy groups -OCH3 is 1. The molecule has 1 saturated heterocycles. The van der Waals surface area contributed by atoms with Crippen LogP contribution in [0, 0.1) is 5.92 Å². The van der Waals surface area contributed by atoms with Crippen LogP contribution in [0.15, 0.2) is 42.6 Å². The number of nitrogens with one attached hydrogen (secondary N) is 1. The first-order chi connectivity index (χ1) is 16.6. The van der Waals surface area contributed by atoms with Crippen molar-refractivity contribution in [2.24, 2.45) is 5.92 Å². The molecule has 0 bridgehead atoms. The minimum atomic E-state index is 0.0237. The monoisotopic (exact) mass is 483 g/mol. The molecule has 2 fully saturated rings. The third-order valence-electron chi connectivity index (χ3n) is 7.48. The number of hydrogen-bond acceptors (Lipinski definition) is 4. The second-order valence-corrected chi connectivity index (χ2v) is 10.2. The van der Waals surface area contributed by atoms with E-state index < -0.39 is 0 Å². The fourth-order valence-corrected chi connectivity index (χ4v) is 5.97. The van der Waals surface area contributed by atoms with Crippen molar-refractivity contribution in [3.05, 3.63) is 58.7 Å². The molecule has 0 radical (unpaired) electrons. The van der Waals surface area contributed by atoms with Gasteiger partial charge in [-0.15, -0.1) is 0 Å². The van der Waals surface area contributed by atoms with Crippen molar-refractivity contribution < 1.29 is 9.53 Å². The summed E-state index contributed by atoms with van der Waals surface area (Å²) in [6, 6.07) is 12.9. The van der Waals surface area contributed by atoms with E-state index in [1.807, 2.05) is 12.1 Å². The van der Waals surface area contributed by atoms with Gasteiger partial charge in [-0.2, -0.15) is 0 Å². The Kier molecular flexibility index (Phi) is 8.85. The fraction of sp³-hybridized carbons (Fsp3) is 0.571. The van der Waals surface area contributed by atoms with Crippen LogP contribution in [0.4, 0.5) is 0 Å². The van der Waals surface area contributed by atoms with Gasteiger partial charge < -0.3 is 15.0 Å². The number of unbranched alkanes of at least 4 members (excludes halogenated alkanes) is 1. The Morgan fingerprint density at radius 1 is 1.21 bits per heavy atom. The Morgan fingerprint density at radius 2 is 1.97 bits per heavy atom. The topological polar surface area (TPSA) is 54.5 Å². The number of nitrogens with zero attached hydrogens (tertiary/aromatic N) is 2. The smallest absolute Gasteiger partial charge is 0.226 e. The lowest BCUT2D eigenvalue weighted by atomic mass is 9.87. The molecule has 2 aromatic rings. The molecule has 3 atom stereocenters. The predicted molar refractivity (Wildman–Crippen MR) is 137 cm³/mol. The average molecular weight is 484 g/mol. The molecule has 3 unspecified atom stereocenters. The maximum absolute atomic E-state index is 14.0. The number of hydrogen-bond donors (Lipinski definition) is 1. The zero-order valence-corrected chi connectivity index (χ0v) is 21.3. The molecule has 184 valence electrons. The fourth-order valence-electron chi connectivity index (χ4n) is 5.79. The molecule has 1 saturated carbocycles. The van der Waals surface area contributed by atoms with E-state index in [9.17, 15) is 4.79 Å². The maximum atomic E-state index is 14.0. The zero-order valence-electron chi connectivity index (χ0n) is 20.5. The SMILES string of the molecule is CCCCC1CC(NCc2cc(Cl)cnc2OC)C(c2ccccc2)N1C(=O)C1CCCCC1. The molecule has 2 heterocycles. The van der Waals surface area contributed by atoms with Gasteiger partial charge in [-0.3, -0.25) is 4.79 Å². The number of likely N-dealkylation sites (tertiary alicyclic amines) is 1. The molecule has 1 aromatic carbocycles. The summed E-state index contributed by atoms with van der Waals surface area (Å²) in [5.74, 6) is 1.12. The number of carbonyl (C=O) groups excluding carboxylic acids is 1. The van der Waals surface area contributed by atoms with E-state index >= 15 is 0 Å². The minimum Gasteiger partial charge on any atom is -0.481 e. The van der Waals surface area contributed by atoms with Crippen molar-refractivity contribution in [1.29, 1.82) is 0 Å². The van der Waals surface area contributed by atoms with Crippen LogP contribution < -0.4 is 10.1 Å². The summed E-state index contributed by atoms with van der Waals surface area (Å²) in [5, 5.41) is 4.37. The standard InChI is InChI=1S/C28H38ClN3O2/c1-3-4-15-24-17-25(30-18-22-16-23(29)19-31-27(22)34-2)26(20-11-7-5-8-12-20)32(24)28(33)21-13-9-6-10-14-21/h5,7-8,11-12,16,19,21,24-26,30H,3-4,6,9-10,13-15,17-18H2,1-2H3. The van der Waals surface area contributed by atoms with Crippen LogP contribution in [0.25, 0.3) is 0 Å². The average Bonchev–Trinajstić information content (AvgIpc) is 3.25. The van der Waals surface area contributed by atoms with Crippen molar-refractivity contribution in [3.63, 3.8) is 0 Å². The largest absolute Gasteiger partial charge is 0.481 e. The number of aromatic nitrogens is 1. The maximum Gasteiger partial charge on any atom is 0.226 e. The lowest BCUT2D eigenvalue weighted by Crippen LogP contribution is -2.44. The van der Waals surface area contributed by atoms with E-state index in [4.69, 9.17) is 16.3 Å². The second-order valence-electron chi connectivity index (χ2n) is 9.78. The highest BCUT2D eigenvalue weighted by Crippen LogP contribution is 2.41. The summed E-state index contributed by atoms with van der Waals surface area (Å²) in [5.41, 5.74) is 2.14. The highest BCUT2D eigenvalue weighted by Gasteiger charge is 2.45. The van der Waals surface area contributed by atoms with E-state index in [1.54, 1.807) is 13.3 Å². The Balaban J connectivity index is 1.63. The predicted octanol–water partition coefficient (Wildman–Crippen LogP) is 6.31. The molecule has 34 heavy (non-hydrogen) atoms. The van der Waals surface area contributed by atoms with Gasteiger partial charge in [0.15, 0.2) is 0 Å². The van der Waals surface area contributed by atoms with Gasteiger partial charge in [0, 0.05) is 36.3 Å². The molecule has 4 rings (SSSR count). The van der Waals surface area contributed by atoms with Crippen LogP contribution in [0.1, 0.15) is 81.9 Å². The van der Waals surface area contributed by atoms with Crippen LogP contribution in [0.3, 0.4) is 0 Å². The van der Waals surface area contributed by atoms with Gasteiger partial charge >= 0.3 is 0 Å². The van der Waals surface area contributed by atoms with Gasteiger partial charge in [0.25, 0.3) is 0 Å². The normalized spacial score (nSPS) is 23.3. The third-order valence-corrected chi connectivity index (χ3v) is 7.69. The molecule has 1 aliphatic carbocycles. The Bertz CT molecular complexity index is 933. The molecule has 1 aliphatic heterocycles. The molecule has 1 amide bonds. The summed E-state index contributed by atoms with van der Waals surface area (Å²) < 4.78 is 5.47. The molecule has 1 N–H and O–H groups in total. The van der Waals surface area contributed by atoms with E-state index in [0.29, 0.717) is 23.4 Å². The minimum absolute atomic E-state index is 0.0237. The number of carbonyl (C=O) groups is 1. The number of amides is 1. The third kappa shape index (κ3) is 5.75. The van der Waals surface area contributed by atoms with Crippen LogP contribution >= 0.6 is 11.6 Å². The lowest BCUT2D eigenvalue weighted by Gasteiger charge is -2.36. The van der Waals surface area contributed by atoms with Crippen LogP contribution in [0.5, 0.6) is 5.88 Å². The summed E-state index contributed by atoms with van der Waals surface area (Å²) in [6.07, 6.45) is 11.5. The van der Waals surface area contributed by atoms with Crippen molar-refractivity contribution in [2.75, 3.05) is 7.11 Å². The number of halogens is 1. The number of benzene rings is 1. The number of pyridine rings is 1. The van der Waals surface area contributed by atoms with Crippen molar-refractivity contribution in [3.8, 4) is 5.88 Å². The van der Waals surface area contributed by atoms with E-state index in [2.05, 4.69) is 46.4 Å². The Hall–Kier alpha value is -2.11. The lowest BCUT2D eigenvalue weighted by molar-refractivity contribution is -0.140. The highest BCUT2D eigenvalue weighted by atomic mass is 35.5. The molecule has 1 aromatic heterocycles.